The number of carboxylic acid groups (broad SMARTS) is 1. The van der Waals surface area contributed by atoms with Crippen molar-refractivity contribution in [3.8, 4) is 0 Å². The van der Waals surface area contributed by atoms with Gasteiger partial charge in [-0.25, -0.2) is 4.39 Å². The van der Waals surface area contributed by atoms with Crippen LogP contribution in [0.5, 0.6) is 0 Å². The van der Waals surface area contributed by atoms with Gasteiger partial charge in [-0.15, -0.1) is 0 Å². The maximum atomic E-state index is 13.1. The molecule has 2 N–H and O–H groups in total. The molecule has 0 heterocycles. The summed E-state index contributed by atoms with van der Waals surface area (Å²) in [6.45, 7) is 3.18. The molecule has 0 saturated carbocycles. The van der Waals surface area contributed by atoms with Crippen LogP contribution in [0.15, 0.2) is 24.3 Å². The van der Waals surface area contributed by atoms with Gasteiger partial charge >= 0.3 is 5.97 Å². The molecule has 0 fully saturated rings. The SMILES string of the molecule is CCC(C)N(CC(=O)O)C(=O)CC(O)c1cccc(F)c1. The summed E-state index contributed by atoms with van der Waals surface area (Å²) >= 11 is 0. The van der Waals surface area contributed by atoms with E-state index in [1.165, 1.54) is 23.1 Å². The first-order valence-electron chi connectivity index (χ1n) is 6.80. The summed E-state index contributed by atoms with van der Waals surface area (Å²) in [5, 5.41) is 18.9. The van der Waals surface area contributed by atoms with E-state index in [9.17, 15) is 19.1 Å². The highest BCUT2D eigenvalue weighted by atomic mass is 19.1. The third-order valence-electron chi connectivity index (χ3n) is 3.35. The van der Waals surface area contributed by atoms with Gasteiger partial charge in [-0.05, 0) is 31.0 Å². The van der Waals surface area contributed by atoms with E-state index in [4.69, 9.17) is 5.11 Å². The van der Waals surface area contributed by atoms with Crippen LogP contribution >= 0.6 is 0 Å². The molecule has 5 nitrogen and oxygen atoms in total. The summed E-state index contributed by atoms with van der Waals surface area (Å²) < 4.78 is 13.1. The van der Waals surface area contributed by atoms with Gasteiger partial charge in [0.05, 0.1) is 12.5 Å². The number of benzene rings is 1. The zero-order valence-corrected chi connectivity index (χ0v) is 12.1. The monoisotopic (exact) mass is 297 g/mol. The number of aliphatic carboxylic acids is 1. The lowest BCUT2D eigenvalue weighted by Gasteiger charge is -2.28. The van der Waals surface area contributed by atoms with Crippen LogP contribution in [0.4, 0.5) is 4.39 Å². The molecule has 116 valence electrons. The second kappa shape index (κ2) is 7.73. The summed E-state index contributed by atoms with van der Waals surface area (Å²) in [5.74, 6) is -2.07. The maximum absolute atomic E-state index is 13.1. The third kappa shape index (κ3) is 5.15. The Morgan fingerprint density at radius 3 is 2.57 bits per heavy atom. The molecule has 0 bridgehead atoms. The van der Waals surface area contributed by atoms with Crippen molar-refractivity contribution in [2.75, 3.05) is 6.54 Å². The Bertz CT molecular complexity index is 506. The molecule has 1 rings (SSSR count). The van der Waals surface area contributed by atoms with E-state index in [1.807, 2.05) is 6.92 Å². The summed E-state index contributed by atoms with van der Waals surface area (Å²) in [5.41, 5.74) is 0.294. The second-order valence-corrected chi connectivity index (χ2v) is 4.95. The fourth-order valence-corrected chi connectivity index (χ4v) is 1.97. The minimum absolute atomic E-state index is 0.242. The minimum Gasteiger partial charge on any atom is -0.480 e. The van der Waals surface area contributed by atoms with Crippen molar-refractivity contribution in [3.63, 3.8) is 0 Å². The molecule has 0 aromatic heterocycles. The van der Waals surface area contributed by atoms with Crippen molar-refractivity contribution in [1.29, 1.82) is 0 Å². The second-order valence-electron chi connectivity index (χ2n) is 4.95. The highest BCUT2D eigenvalue weighted by Gasteiger charge is 2.24. The van der Waals surface area contributed by atoms with Crippen molar-refractivity contribution >= 4 is 11.9 Å². The third-order valence-corrected chi connectivity index (χ3v) is 3.35. The lowest BCUT2D eigenvalue weighted by atomic mass is 10.0. The number of halogens is 1. The van der Waals surface area contributed by atoms with Gasteiger partial charge in [-0.2, -0.15) is 0 Å². The van der Waals surface area contributed by atoms with Crippen LogP contribution in [0.2, 0.25) is 0 Å². The topological polar surface area (TPSA) is 77.8 Å². The van der Waals surface area contributed by atoms with Gasteiger partial charge in [0.25, 0.3) is 0 Å². The van der Waals surface area contributed by atoms with Gasteiger partial charge in [-0.3, -0.25) is 9.59 Å². The average molecular weight is 297 g/mol. The number of carbonyl (C=O) groups is 2. The number of nitrogens with zero attached hydrogens (tertiary/aromatic N) is 1. The molecular formula is C15H20FNO4. The van der Waals surface area contributed by atoms with E-state index < -0.39 is 30.3 Å². The van der Waals surface area contributed by atoms with Crippen molar-refractivity contribution in [1.82, 2.24) is 4.90 Å². The number of hydrogen-bond acceptors (Lipinski definition) is 3. The predicted octanol–water partition coefficient (Wildman–Crippen LogP) is 1.96. The lowest BCUT2D eigenvalue weighted by molar-refractivity contribution is -0.147. The highest BCUT2D eigenvalue weighted by Crippen LogP contribution is 2.19. The Balaban J connectivity index is 2.78. The quantitative estimate of drug-likeness (QED) is 0.806. The first-order valence-corrected chi connectivity index (χ1v) is 6.80. The molecule has 6 heteroatoms. The van der Waals surface area contributed by atoms with Crippen molar-refractivity contribution in [2.45, 2.75) is 38.8 Å². The lowest BCUT2D eigenvalue weighted by Crippen LogP contribution is -2.42. The molecule has 0 saturated heterocycles. The number of rotatable bonds is 7. The van der Waals surface area contributed by atoms with Crippen LogP contribution in [0.3, 0.4) is 0 Å². The van der Waals surface area contributed by atoms with Gasteiger partial charge in [0, 0.05) is 6.04 Å². The Morgan fingerprint density at radius 2 is 2.05 bits per heavy atom. The normalized spacial score (nSPS) is 13.5. The summed E-state index contributed by atoms with van der Waals surface area (Å²) in [4.78, 5) is 24.2. The van der Waals surface area contributed by atoms with Gasteiger partial charge in [0.2, 0.25) is 5.91 Å². The van der Waals surface area contributed by atoms with Crippen molar-refractivity contribution in [3.05, 3.63) is 35.6 Å². The van der Waals surface area contributed by atoms with E-state index in [2.05, 4.69) is 0 Å². The summed E-state index contributed by atoms with van der Waals surface area (Å²) in [7, 11) is 0. The zero-order chi connectivity index (χ0) is 16.0. The number of aliphatic hydroxyl groups excluding tert-OH is 1. The standard InChI is InChI=1S/C15H20FNO4/c1-3-10(2)17(9-15(20)21)14(19)8-13(18)11-5-4-6-12(16)7-11/h4-7,10,13,18H,3,8-9H2,1-2H3,(H,20,21). The van der Waals surface area contributed by atoms with E-state index in [-0.39, 0.29) is 12.5 Å². The molecule has 1 aromatic rings. The molecule has 0 aliphatic rings. The van der Waals surface area contributed by atoms with Gasteiger partial charge in [0.15, 0.2) is 0 Å². The molecule has 0 spiro atoms. The minimum atomic E-state index is -1.16. The van der Waals surface area contributed by atoms with Crippen LogP contribution in [0.1, 0.15) is 38.4 Å². The van der Waals surface area contributed by atoms with Crippen LogP contribution in [0.25, 0.3) is 0 Å². The van der Waals surface area contributed by atoms with Gasteiger partial charge in [0.1, 0.15) is 12.4 Å². The maximum Gasteiger partial charge on any atom is 0.323 e. The first kappa shape index (κ1) is 17.1. The van der Waals surface area contributed by atoms with E-state index in [0.717, 1.165) is 6.07 Å². The average Bonchev–Trinajstić information content (AvgIpc) is 2.43. The van der Waals surface area contributed by atoms with Crippen LogP contribution < -0.4 is 0 Å². The molecule has 1 aromatic carbocycles. The number of aliphatic hydroxyl groups is 1. The molecule has 0 aliphatic heterocycles. The smallest absolute Gasteiger partial charge is 0.323 e. The van der Waals surface area contributed by atoms with E-state index in [0.29, 0.717) is 12.0 Å². The van der Waals surface area contributed by atoms with E-state index >= 15 is 0 Å². The van der Waals surface area contributed by atoms with Crippen LogP contribution in [-0.4, -0.2) is 39.6 Å². The summed E-state index contributed by atoms with van der Waals surface area (Å²) in [6, 6.07) is 5.12. The Labute approximate surface area is 123 Å². The predicted molar refractivity (Wildman–Crippen MR) is 75.1 cm³/mol. The molecule has 2 atom stereocenters. The van der Waals surface area contributed by atoms with E-state index in [1.54, 1.807) is 6.92 Å². The zero-order valence-electron chi connectivity index (χ0n) is 12.1. The Morgan fingerprint density at radius 1 is 1.38 bits per heavy atom. The number of carboxylic acids is 1. The highest BCUT2D eigenvalue weighted by molar-refractivity contribution is 5.82. The summed E-state index contributed by atoms with van der Waals surface area (Å²) in [6.07, 6.45) is -0.829. The number of amides is 1. The fraction of sp³-hybridized carbons (Fsp3) is 0.467. The Kier molecular flexibility index (Phi) is 6.30. The van der Waals surface area contributed by atoms with Crippen molar-refractivity contribution in [2.24, 2.45) is 0 Å². The Hall–Kier alpha value is -1.95. The molecule has 21 heavy (non-hydrogen) atoms. The molecule has 1 amide bonds. The number of hydrogen-bond donors (Lipinski definition) is 2. The van der Waals surface area contributed by atoms with Gasteiger partial charge in [-0.1, -0.05) is 19.1 Å². The van der Waals surface area contributed by atoms with Crippen LogP contribution in [0, 0.1) is 5.82 Å². The molecule has 2 unspecified atom stereocenters. The van der Waals surface area contributed by atoms with Gasteiger partial charge < -0.3 is 15.1 Å². The first-order chi connectivity index (χ1) is 9.85. The number of carbonyl (C=O) groups excluding carboxylic acids is 1. The molecule has 0 radical (unpaired) electrons. The van der Waals surface area contributed by atoms with Crippen LogP contribution in [-0.2, 0) is 9.59 Å². The molecular weight excluding hydrogens is 277 g/mol. The largest absolute Gasteiger partial charge is 0.480 e. The van der Waals surface area contributed by atoms with Crippen molar-refractivity contribution < 1.29 is 24.2 Å². The fourth-order valence-electron chi connectivity index (χ4n) is 1.97. The molecule has 0 aliphatic carbocycles.